The average Bonchev–Trinajstić information content (AvgIpc) is 3.08. The Labute approximate surface area is 145 Å². The number of fused-ring (bicyclic) bond motifs is 2. The fourth-order valence-electron chi connectivity index (χ4n) is 3.52. The smallest absolute Gasteiger partial charge is 0.408 e. The molecule has 0 N–H and O–H groups in total. The van der Waals surface area contributed by atoms with Gasteiger partial charge in [0.15, 0.2) is 5.58 Å². The summed E-state index contributed by atoms with van der Waals surface area (Å²) in [5, 5.41) is 0. The number of aromatic nitrogens is 1. The van der Waals surface area contributed by atoms with Crippen LogP contribution in [0.25, 0.3) is 11.1 Å². The van der Waals surface area contributed by atoms with Crippen molar-refractivity contribution in [3.63, 3.8) is 0 Å². The summed E-state index contributed by atoms with van der Waals surface area (Å²) < 4.78 is 34.6. The Morgan fingerprint density at radius 3 is 2.72 bits per heavy atom. The molecule has 0 spiro atoms. The molecule has 2 heterocycles. The molecule has 1 atom stereocenters. The standard InChI is InChI=1S/C18H18N2O4S/c1-3-19-16-9-8-14(11-17(16)24-18(19)21)25(22,23)20-12(2)10-13-6-4-5-7-15(13)20/h4-9,11-12H,3,10H2,1-2H3/t12-/m0/s1. The zero-order chi connectivity index (χ0) is 17.8. The van der Waals surface area contributed by atoms with E-state index in [2.05, 4.69) is 0 Å². The molecule has 0 unspecified atom stereocenters. The SMILES string of the molecule is CCn1c(=O)oc2cc(S(=O)(=O)N3c4ccccc4C[C@@H]3C)ccc21. The highest BCUT2D eigenvalue weighted by Gasteiger charge is 2.36. The zero-order valence-electron chi connectivity index (χ0n) is 14.0. The van der Waals surface area contributed by atoms with Gasteiger partial charge in [-0.15, -0.1) is 0 Å². The first-order chi connectivity index (χ1) is 11.9. The molecule has 1 aliphatic rings. The van der Waals surface area contributed by atoms with Crippen LogP contribution in [0.3, 0.4) is 0 Å². The van der Waals surface area contributed by atoms with Gasteiger partial charge in [-0.3, -0.25) is 8.87 Å². The lowest BCUT2D eigenvalue weighted by Gasteiger charge is -2.24. The highest BCUT2D eigenvalue weighted by Crippen LogP contribution is 2.36. The van der Waals surface area contributed by atoms with E-state index in [4.69, 9.17) is 4.42 Å². The summed E-state index contributed by atoms with van der Waals surface area (Å²) in [5.74, 6) is -0.480. The van der Waals surface area contributed by atoms with Crippen molar-refractivity contribution in [1.82, 2.24) is 4.57 Å². The monoisotopic (exact) mass is 358 g/mol. The van der Waals surface area contributed by atoms with Crippen LogP contribution in [0.4, 0.5) is 5.69 Å². The Morgan fingerprint density at radius 1 is 1.20 bits per heavy atom. The van der Waals surface area contributed by atoms with E-state index in [1.165, 1.54) is 21.0 Å². The molecule has 0 saturated heterocycles. The fourth-order valence-corrected chi connectivity index (χ4v) is 5.23. The van der Waals surface area contributed by atoms with Crippen molar-refractivity contribution in [1.29, 1.82) is 0 Å². The van der Waals surface area contributed by atoms with Gasteiger partial charge in [0, 0.05) is 18.7 Å². The quantitative estimate of drug-likeness (QED) is 0.722. The maximum atomic E-state index is 13.2. The number of anilines is 1. The van der Waals surface area contributed by atoms with E-state index in [1.54, 1.807) is 6.07 Å². The van der Waals surface area contributed by atoms with Crippen LogP contribution in [0, 0.1) is 0 Å². The zero-order valence-corrected chi connectivity index (χ0v) is 14.8. The predicted octanol–water partition coefficient (Wildman–Crippen LogP) is 2.75. The highest BCUT2D eigenvalue weighted by atomic mass is 32.2. The summed E-state index contributed by atoms with van der Waals surface area (Å²) in [4.78, 5) is 12.0. The Morgan fingerprint density at radius 2 is 1.96 bits per heavy atom. The molecule has 0 radical (unpaired) electrons. The summed E-state index contributed by atoms with van der Waals surface area (Å²) in [6.07, 6.45) is 0.680. The molecule has 3 aromatic rings. The minimum absolute atomic E-state index is 0.126. The maximum absolute atomic E-state index is 13.2. The van der Waals surface area contributed by atoms with E-state index in [0.29, 0.717) is 24.2 Å². The van der Waals surface area contributed by atoms with E-state index in [0.717, 1.165) is 5.56 Å². The molecular formula is C18H18N2O4S. The molecule has 0 fully saturated rings. The number of benzene rings is 2. The van der Waals surface area contributed by atoms with Crippen LogP contribution in [0.15, 0.2) is 56.6 Å². The molecule has 2 aromatic carbocycles. The molecule has 4 rings (SSSR count). The van der Waals surface area contributed by atoms with Crippen LogP contribution in [0.5, 0.6) is 0 Å². The third kappa shape index (κ3) is 2.30. The van der Waals surface area contributed by atoms with Gasteiger partial charge in [0.05, 0.1) is 16.1 Å². The van der Waals surface area contributed by atoms with Gasteiger partial charge in [-0.1, -0.05) is 18.2 Å². The topological polar surface area (TPSA) is 72.5 Å². The fraction of sp³-hybridized carbons (Fsp3) is 0.278. The normalized spacial score (nSPS) is 17.2. The number of hydrogen-bond donors (Lipinski definition) is 0. The summed E-state index contributed by atoms with van der Waals surface area (Å²) in [7, 11) is -3.74. The molecule has 0 saturated carbocycles. The second-order valence-corrected chi connectivity index (χ2v) is 8.04. The van der Waals surface area contributed by atoms with Crippen molar-refractivity contribution < 1.29 is 12.8 Å². The minimum Gasteiger partial charge on any atom is -0.408 e. The van der Waals surface area contributed by atoms with Crippen LogP contribution in [-0.4, -0.2) is 19.0 Å². The number of nitrogens with zero attached hydrogens (tertiary/aromatic N) is 2. The molecule has 130 valence electrons. The van der Waals surface area contributed by atoms with Gasteiger partial charge in [0.25, 0.3) is 10.0 Å². The Balaban J connectivity index is 1.86. The van der Waals surface area contributed by atoms with E-state index in [9.17, 15) is 13.2 Å². The summed E-state index contributed by atoms with van der Waals surface area (Å²) >= 11 is 0. The molecule has 6 nitrogen and oxygen atoms in total. The first-order valence-corrected chi connectivity index (χ1v) is 9.63. The lowest BCUT2D eigenvalue weighted by molar-refractivity contribution is 0.512. The van der Waals surface area contributed by atoms with Crippen LogP contribution >= 0.6 is 0 Å². The van der Waals surface area contributed by atoms with Crippen molar-refractivity contribution >= 4 is 26.8 Å². The van der Waals surface area contributed by atoms with Crippen molar-refractivity contribution in [2.45, 2.75) is 37.8 Å². The third-order valence-electron chi connectivity index (χ3n) is 4.66. The lowest BCUT2D eigenvalue weighted by Crippen LogP contribution is -2.35. The Kier molecular flexibility index (Phi) is 3.50. The number of aryl methyl sites for hydroxylation is 1. The average molecular weight is 358 g/mol. The molecular weight excluding hydrogens is 340 g/mol. The summed E-state index contributed by atoms with van der Waals surface area (Å²) in [5.41, 5.74) is 2.61. The van der Waals surface area contributed by atoms with Gasteiger partial charge in [-0.2, -0.15) is 0 Å². The molecule has 7 heteroatoms. The van der Waals surface area contributed by atoms with Gasteiger partial charge < -0.3 is 4.42 Å². The number of para-hydroxylation sites is 1. The highest BCUT2D eigenvalue weighted by molar-refractivity contribution is 7.92. The summed E-state index contributed by atoms with van der Waals surface area (Å²) in [6.45, 7) is 4.20. The van der Waals surface area contributed by atoms with Gasteiger partial charge in [-0.05, 0) is 44.0 Å². The number of oxazole rings is 1. The number of sulfonamides is 1. The van der Waals surface area contributed by atoms with Crippen LogP contribution in [0.2, 0.25) is 0 Å². The van der Waals surface area contributed by atoms with E-state index in [1.807, 2.05) is 38.1 Å². The van der Waals surface area contributed by atoms with Gasteiger partial charge in [0.2, 0.25) is 0 Å². The summed E-state index contributed by atoms with van der Waals surface area (Å²) in [6, 6.07) is 12.0. The second kappa shape index (κ2) is 5.49. The lowest BCUT2D eigenvalue weighted by atomic mass is 10.1. The van der Waals surface area contributed by atoms with Crippen LogP contribution in [0.1, 0.15) is 19.4 Å². The van der Waals surface area contributed by atoms with E-state index in [-0.39, 0.29) is 16.5 Å². The first-order valence-electron chi connectivity index (χ1n) is 8.19. The van der Waals surface area contributed by atoms with Crippen LogP contribution < -0.4 is 10.1 Å². The van der Waals surface area contributed by atoms with Crippen molar-refractivity contribution in [2.24, 2.45) is 0 Å². The maximum Gasteiger partial charge on any atom is 0.419 e. The predicted molar refractivity (Wildman–Crippen MR) is 95.4 cm³/mol. The minimum atomic E-state index is -3.74. The molecule has 0 bridgehead atoms. The van der Waals surface area contributed by atoms with Crippen LogP contribution in [-0.2, 0) is 23.0 Å². The van der Waals surface area contributed by atoms with Crippen molar-refractivity contribution in [3.05, 3.63) is 58.6 Å². The van der Waals surface area contributed by atoms with E-state index < -0.39 is 15.8 Å². The number of rotatable bonds is 3. The third-order valence-corrected chi connectivity index (χ3v) is 6.58. The largest absolute Gasteiger partial charge is 0.419 e. The Hall–Kier alpha value is -2.54. The molecule has 0 aliphatic carbocycles. The van der Waals surface area contributed by atoms with Crippen molar-refractivity contribution in [3.8, 4) is 0 Å². The first kappa shape index (κ1) is 16.0. The number of hydrogen-bond acceptors (Lipinski definition) is 4. The molecule has 0 amide bonds. The molecule has 25 heavy (non-hydrogen) atoms. The molecule has 1 aliphatic heterocycles. The van der Waals surface area contributed by atoms with Crippen molar-refractivity contribution in [2.75, 3.05) is 4.31 Å². The van der Waals surface area contributed by atoms with Gasteiger partial charge in [-0.25, -0.2) is 13.2 Å². The van der Waals surface area contributed by atoms with Gasteiger partial charge >= 0.3 is 5.76 Å². The Bertz CT molecular complexity index is 1130. The van der Waals surface area contributed by atoms with Gasteiger partial charge in [0.1, 0.15) is 0 Å². The van der Waals surface area contributed by atoms with E-state index >= 15 is 0 Å². The molecule has 1 aromatic heterocycles. The second-order valence-electron chi connectivity index (χ2n) is 6.22.